The van der Waals surface area contributed by atoms with E-state index in [1.165, 1.54) is 25.1 Å². The van der Waals surface area contributed by atoms with Crippen LogP contribution in [0, 0.1) is 0 Å². The van der Waals surface area contributed by atoms with Crippen LogP contribution in [-0.2, 0) is 19.6 Å². The van der Waals surface area contributed by atoms with Gasteiger partial charge in [-0.3, -0.25) is 4.79 Å². The standard InChI is InChI=1S/C13H17BrClNO4S/c1-8(12(17)20-13(2,3)4)16-21(18,19)9-5-6-11(15)10(14)7-9/h5-8,16H,1-4H3/t8-/m1/s1. The summed E-state index contributed by atoms with van der Waals surface area (Å²) in [6.45, 7) is 6.56. The molecule has 1 atom stereocenters. The number of carbonyl (C=O) groups excluding carboxylic acids is 1. The maximum Gasteiger partial charge on any atom is 0.324 e. The molecule has 0 unspecified atom stereocenters. The third-order valence-corrected chi connectivity index (χ3v) is 5.05. The minimum Gasteiger partial charge on any atom is -0.459 e. The molecule has 0 fully saturated rings. The van der Waals surface area contributed by atoms with Crippen LogP contribution in [0.15, 0.2) is 27.6 Å². The molecule has 1 aromatic carbocycles. The molecule has 0 saturated heterocycles. The lowest BCUT2D eigenvalue weighted by molar-refractivity contribution is -0.156. The van der Waals surface area contributed by atoms with Crippen LogP contribution in [0.3, 0.4) is 0 Å². The van der Waals surface area contributed by atoms with Gasteiger partial charge < -0.3 is 4.74 Å². The van der Waals surface area contributed by atoms with Crippen molar-refractivity contribution in [1.82, 2.24) is 4.72 Å². The molecule has 1 aromatic rings. The number of carbonyl (C=O) groups is 1. The van der Waals surface area contributed by atoms with E-state index in [2.05, 4.69) is 20.7 Å². The van der Waals surface area contributed by atoms with Crippen molar-refractivity contribution < 1.29 is 17.9 Å². The quantitative estimate of drug-likeness (QED) is 0.791. The first-order valence-electron chi connectivity index (χ1n) is 6.12. The van der Waals surface area contributed by atoms with Crippen LogP contribution < -0.4 is 4.72 Å². The molecular weight excluding hydrogens is 382 g/mol. The van der Waals surface area contributed by atoms with E-state index in [0.717, 1.165) is 0 Å². The zero-order valence-electron chi connectivity index (χ0n) is 12.1. The molecular formula is C13H17BrClNO4S. The predicted molar refractivity (Wildman–Crippen MR) is 84.8 cm³/mol. The van der Waals surface area contributed by atoms with Gasteiger partial charge in [-0.1, -0.05) is 11.6 Å². The molecule has 0 amide bonds. The van der Waals surface area contributed by atoms with Crippen LogP contribution in [0.25, 0.3) is 0 Å². The van der Waals surface area contributed by atoms with Crippen molar-refractivity contribution >= 4 is 43.5 Å². The first-order valence-corrected chi connectivity index (χ1v) is 8.78. The molecule has 0 radical (unpaired) electrons. The van der Waals surface area contributed by atoms with E-state index in [9.17, 15) is 13.2 Å². The molecule has 0 aromatic heterocycles. The van der Waals surface area contributed by atoms with Crippen molar-refractivity contribution in [3.63, 3.8) is 0 Å². The molecule has 118 valence electrons. The Morgan fingerprint density at radius 2 is 1.95 bits per heavy atom. The van der Waals surface area contributed by atoms with Gasteiger partial charge in [0.05, 0.1) is 9.92 Å². The molecule has 0 heterocycles. The Hall–Kier alpha value is -0.630. The van der Waals surface area contributed by atoms with Crippen LogP contribution in [0.5, 0.6) is 0 Å². The van der Waals surface area contributed by atoms with Crippen molar-refractivity contribution in [1.29, 1.82) is 0 Å². The Kier molecular flexibility index (Phi) is 5.83. The Morgan fingerprint density at radius 3 is 2.43 bits per heavy atom. The van der Waals surface area contributed by atoms with E-state index in [1.54, 1.807) is 20.8 Å². The third-order valence-electron chi connectivity index (χ3n) is 2.29. The SMILES string of the molecule is C[C@@H](NS(=O)(=O)c1ccc(Cl)c(Br)c1)C(=O)OC(C)(C)C. The number of benzene rings is 1. The topological polar surface area (TPSA) is 72.5 Å². The largest absolute Gasteiger partial charge is 0.459 e. The molecule has 0 aliphatic heterocycles. The summed E-state index contributed by atoms with van der Waals surface area (Å²) >= 11 is 8.98. The molecule has 0 bridgehead atoms. The highest BCUT2D eigenvalue weighted by molar-refractivity contribution is 9.10. The van der Waals surface area contributed by atoms with Crippen LogP contribution in [0.4, 0.5) is 0 Å². The van der Waals surface area contributed by atoms with Crippen molar-refractivity contribution in [2.45, 2.75) is 44.2 Å². The Labute approximate surface area is 138 Å². The molecule has 5 nitrogen and oxygen atoms in total. The Balaban J connectivity index is 2.89. The van der Waals surface area contributed by atoms with Crippen LogP contribution >= 0.6 is 27.5 Å². The van der Waals surface area contributed by atoms with Gasteiger partial charge in [0.2, 0.25) is 10.0 Å². The first-order chi connectivity index (χ1) is 9.42. The summed E-state index contributed by atoms with van der Waals surface area (Å²) < 4.78 is 32.2. The third kappa shape index (κ3) is 5.58. The highest BCUT2D eigenvalue weighted by Crippen LogP contribution is 2.25. The molecule has 0 spiro atoms. The van der Waals surface area contributed by atoms with E-state index in [1.807, 2.05) is 0 Å². The highest BCUT2D eigenvalue weighted by Gasteiger charge is 2.26. The maximum absolute atomic E-state index is 12.2. The summed E-state index contributed by atoms with van der Waals surface area (Å²) in [7, 11) is -3.84. The van der Waals surface area contributed by atoms with Gasteiger partial charge in [0.1, 0.15) is 11.6 Å². The molecule has 1 rings (SSSR count). The molecule has 0 saturated carbocycles. The first kappa shape index (κ1) is 18.4. The lowest BCUT2D eigenvalue weighted by atomic mass is 10.2. The summed E-state index contributed by atoms with van der Waals surface area (Å²) in [5.41, 5.74) is -0.680. The van der Waals surface area contributed by atoms with Gasteiger partial charge in [0, 0.05) is 4.47 Å². The second-order valence-corrected chi connectivity index (χ2v) is 8.43. The van der Waals surface area contributed by atoms with Gasteiger partial charge >= 0.3 is 5.97 Å². The molecule has 1 N–H and O–H groups in total. The number of nitrogens with one attached hydrogen (secondary N) is 1. The molecule has 0 aliphatic carbocycles. The summed E-state index contributed by atoms with van der Waals surface area (Å²) in [5, 5.41) is 0.397. The van der Waals surface area contributed by atoms with Crippen molar-refractivity contribution in [3.8, 4) is 0 Å². The van der Waals surface area contributed by atoms with Gasteiger partial charge in [-0.2, -0.15) is 4.72 Å². The molecule has 21 heavy (non-hydrogen) atoms. The zero-order chi connectivity index (χ0) is 16.4. The monoisotopic (exact) mass is 397 g/mol. The van der Waals surface area contributed by atoms with Crippen LogP contribution in [-0.4, -0.2) is 26.0 Å². The zero-order valence-corrected chi connectivity index (χ0v) is 15.3. The minimum atomic E-state index is -3.84. The van der Waals surface area contributed by atoms with Gasteiger partial charge in [-0.15, -0.1) is 0 Å². The smallest absolute Gasteiger partial charge is 0.324 e. The summed E-state index contributed by atoms with van der Waals surface area (Å²) in [6, 6.07) is 3.19. The van der Waals surface area contributed by atoms with Crippen molar-refractivity contribution in [2.75, 3.05) is 0 Å². The number of rotatable bonds is 4. The number of ether oxygens (including phenoxy) is 1. The van der Waals surface area contributed by atoms with E-state index in [0.29, 0.717) is 9.50 Å². The fraction of sp³-hybridized carbons (Fsp3) is 0.462. The van der Waals surface area contributed by atoms with Gasteiger partial charge in [-0.05, 0) is 61.8 Å². The number of sulfonamides is 1. The fourth-order valence-electron chi connectivity index (χ4n) is 1.38. The normalized spacial score (nSPS) is 13.8. The summed E-state index contributed by atoms with van der Waals surface area (Å²) in [6.07, 6.45) is 0. The van der Waals surface area contributed by atoms with E-state index >= 15 is 0 Å². The van der Waals surface area contributed by atoms with Crippen LogP contribution in [0.1, 0.15) is 27.7 Å². The average Bonchev–Trinajstić information content (AvgIpc) is 2.29. The maximum atomic E-state index is 12.2. The Bertz CT molecular complexity index is 640. The number of esters is 1. The van der Waals surface area contributed by atoms with Gasteiger partial charge in [0.25, 0.3) is 0 Å². The second kappa shape index (κ2) is 6.64. The molecule has 0 aliphatic rings. The lowest BCUT2D eigenvalue weighted by Gasteiger charge is -2.22. The summed E-state index contributed by atoms with van der Waals surface area (Å²) in [5.74, 6) is -0.640. The molecule has 8 heteroatoms. The van der Waals surface area contributed by atoms with Crippen molar-refractivity contribution in [2.24, 2.45) is 0 Å². The number of hydrogen-bond acceptors (Lipinski definition) is 4. The van der Waals surface area contributed by atoms with Crippen molar-refractivity contribution in [3.05, 3.63) is 27.7 Å². The van der Waals surface area contributed by atoms with Crippen LogP contribution in [0.2, 0.25) is 5.02 Å². The fourth-order valence-corrected chi connectivity index (χ4v) is 3.25. The van der Waals surface area contributed by atoms with E-state index in [4.69, 9.17) is 16.3 Å². The van der Waals surface area contributed by atoms with Gasteiger partial charge in [0.15, 0.2) is 0 Å². The minimum absolute atomic E-state index is 0.00850. The summed E-state index contributed by atoms with van der Waals surface area (Å²) in [4.78, 5) is 11.8. The number of halogens is 2. The van der Waals surface area contributed by atoms with E-state index < -0.39 is 27.6 Å². The average molecular weight is 399 g/mol. The van der Waals surface area contributed by atoms with Gasteiger partial charge in [-0.25, -0.2) is 8.42 Å². The van der Waals surface area contributed by atoms with E-state index in [-0.39, 0.29) is 4.90 Å². The Morgan fingerprint density at radius 1 is 1.38 bits per heavy atom. The highest BCUT2D eigenvalue weighted by atomic mass is 79.9. The second-order valence-electron chi connectivity index (χ2n) is 5.45. The predicted octanol–water partition coefficient (Wildman–Crippen LogP) is 3.11. The lowest BCUT2D eigenvalue weighted by Crippen LogP contribution is -2.42. The number of hydrogen-bond donors (Lipinski definition) is 1.